The predicted octanol–water partition coefficient (Wildman–Crippen LogP) is 2.90. The van der Waals surface area contributed by atoms with Crippen LogP contribution in [0.2, 0.25) is 0 Å². The summed E-state index contributed by atoms with van der Waals surface area (Å²) in [6.45, 7) is 2.63. The maximum atomic E-state index is 12.3. The fourth-order valence-corrected chi connectivity index (χ4v) is 2.87. The molecule has 0 radical (unpaired) electrons. The summed E-state index contributed by atoms with van der Waals surface area (Å²) in [5.74, 6) is -0.0906. The van der Waals surface area contributed by atoms with Gasteiger partial charge in [0.1, 0.15) is 0 Å². The lowest BCUT2D eigenvalue weighted by Gasteiger charge is -2.29. The maximum absolute atomic E-state index is 12.3. The standard InChI is InChI=1S/C19H22N2O2/c22-18-9-11-21(12-10-18)14-15-5-4-6-16(13-15)19(23)20-17-7-2-1-3-8-17/h1-8,13,18,22H,9-12,14H2,(H,20,23). The topological polar surface area (TPSA) is 52.6 Å². The number of likely N-dealkylation sites (tertiary alicyclic amines) is 1. The Hall–Kier alpha value is -2.17. The Balaban J connectivity index is 1.64. The number of benzene rings is 2. The first-order valence-electron chi connectivity index (χ1n) is 8.06. The number of rotatable bonds is 4. The molecule has 1 saturated heterocycles. The summed E-state index contributed by atoms with van der Waals surface area (Å²) in [7, 11) is 0. The predicted molar refractivity (Wildman–Crippen MR) is 91.4 cm³/mol. The van der Waals surface area contributed by atoms with Gasteiger partial charge in [-0.15, -0.1) is 0 Å². The van der Waals surface area contributed by atoms with E-state index in [1.54, 1.807) is 0 Å². The number of carbonyl (C=O) groups is 1. The Morgan fingerprint density at radius 2 is 1.83 bits per heavy atom. The number of carbonyl (C=O) groups excluding carboxylic acids is 1. The van der Waals surface area contributed by atoms with E-state index in [4.69, 9.17) is 0 Å². The highest BCUT2D eigenvalue weighted by Gasteiger charge is 2.17. The van der Waals surface area contributed by atoms with Gasteiger partial charge in [0.05, 0.1) is 6.10 Å². The third kappa shape index (κ3) is 4.41. The molecule has 2 aromatic rings. The summed E-state index contributed by atoms with van der Waals surface area (Å²) >= 11 is 0. The van der Waals surface area contributed by atoms with Crippen LogP contribution >= 0.6 is 0 Å². The number of aliphatic hydroxyl groups is 1. The molecule has 0 aromatic heterocycles. The van der Waals surface area contributed by atoms with Crippen molar-refractivity contribution < 1.29 is 9.90 Å². The third-order valence-electron chi connectivity index (χ3n) is 4.18. The van der Waals surface area contributed by atoms with Crippen LogP contribution in [0.1, 0.15) is 28.8 Å². The average molecular weight is 310 g/mol. The Labute approximate surface area is 136 Å². The number of hydrogen-bond donors (Lipinski definition) is 2. The number of anilines is 1. The van der Waals surface area contributed by atoms with Crippen LogP contribution in [0.3, 0.4) is 0 Å². The van der Waals surface area contributed by atoms with E-state index in [-0.39, 0.29) is 12.0 Å². The van der Waals surface area contributed by atoms with Crippen molar-refractivity contribution in [1.82, 2.24) is 4.90 Å². The Morgan fingerprint density at radius 3 is 2.57 bits per heavy atom. The van der Waals surface area contributed by atoms with Crippen molar-refractivity contribution >= 4 is 11.6 Å². The molecule has 1 fully saturated rings. The molecule has 2 aromatic carbocycles. The van der Waals surface area contributed by atoms with Gasteiger partial charge < -0.3 is 10.4 Å². The van der Waals surface area contributed by atoms with E-state index in [0.717, 1.165) is 43.7 Å². The summed E-state index contributed by atoms with van der Waals surface area (Å²) in [6, 6.07) is 17.2. The van der Waals surface area contributed by atoms with Crippen molar-refractivity contribution in [3.05, 3.63) is 65.7 Å². The van der Waals surface area contributed by atoms with Crippen LogP contribution in [-0.4, -0.2) is 35.1 Å². The molecule has 2 N–H and O–H groups in total. The second-order valence-electron chi connectivity index (χ2n) is 6.03. The van der Waals surface area contributed by atoms with E-state index in [1.165, 1.54) is 0 Å². The van der Waals surface area contributed by atoms with E-state index < -0.39 is 0 Å². The van der Waals surface area contributed by atoms with Gasteiger partial charge in [-0.05, 0) is 42.7 Å². The quantitative estimate of drug-likeness (QED) is 0.913. The molecule has 4 nitrogen and oxygen atoms in total. The van der Waals surface area contributed by atoms with Gasteiger partial charge in [-0.2, -0.15) is 0 Å². The van der Waals surface area contributed by atoms with Crippen LogP contribution < -0.4 is 5.32 Å². The molecule has 120 valence electrons. The monoisotopic (exact) mass is 310 g/mol. The Morgan fingerprint density at radius 1 is 1.09 bits per heavy atom. The zero-order valence-corrected chi connectivity index (χ0v) is 13.1. The Kier molecular flexibility index (Phi) is 5.05. The third-order valence-corrected chi connectivity index (χ3v) is 4.18. The Bertz CT molecular complexity index is 649. The molecular formula is C19H22N2O2. The highest BCUT2D eigenvalue weighted by atomic mass is 16.3. The smallest absolute Gasteiger partial charge is 0.255 e. The minimum Gasteiger partial charge on any atom is -0.393 e. The SMILES string of the molecule is O=C(Nc1ccccc1)c1cccc(CN2CCC(O)CC2)c1. The fourth-order valence-electron chi connectivity index (χ4n) is 2.87. The molecule has 1 heterocycles. The molecule has 3 rings (SSSR count). The van der Waals surface area contributed by atoms with Crippen LogP contribution in [0, 0.1) is 0 Å². The summed E-state index contributed by atoms with van der Waals surface area (Å²) in [6.07, 6.45) is 1.50. The lowest BCUT2D eigenvalue weighted by Crippen LogP contribution is -2.35. The van der Waals surface area contributed by atoms with E-state index in [1.807, 2.05) is 54.6 Å². The minimum absolute atomic E-state index is 0.0906. The molecule has 1 aliphatic rings. The fraction of sp³-hybridized carbons (Fsp3) is 0.316. The molecule has 0 bridgehead atoms. The molecule has 0 unspecified atom stereocenters. The highest BCUT2D eigenvalue weighted by Crippen LogP contribution is 2.15. The van der Waals surface area contributed by atoms with Crippen LogP contribution in [0.15, 0.2) is 54.6 Å². The molecule has 4 heteroatoms. The second kappa shape index (κ2) is 7.40. The van der Waals surface area contributed by atoms with Crippen LogP contribution in [0.5, 0.6) is 0 Å². The molecular weight excluding hydrogens is 288 g/mol. The number of hydrogen-bond acceptors (Lipinski definition) is 3. The van der Waals surface area contributed by atoms with Crippen molar-refractivity contribution in [2.75, 3.05) is 18.4 Å². The highest BCUT2D eigenvalue weighted by molar-refractivity contribution is 6.04. The van der Waals surface area contributed by atoms with Gasteiger partial charge >= 0.3 is 0 Å². The van der Waals surface area contributed by atoms with E-state index in [9.17, 15) is 9.90 Å². The van der Waals surface area contributed by atoms with E-state index in [0.29, 0.717) is 5.56 Å². The minimum atomic E-state index is -0.158. The zero-order chi connectivity index (χ0) is 16.1. The number of nitrogens with zero attached hydrogens (tertiary/aromatic N) is 1. The van der Waals surface area contributed by atoms with Crippen LogP contribution in [0.4, 0.5) is 5.69 Å². The van der Waals surface area contributed by atoms with Crippen molar-refractivity contribution in [2.45, 2.75) is 25.5 Å². The van der Waals surface area contributed by atoms with E-state index in [2.05, 4.69) is 10.2 Å². The molecule has 1 amide bonds. The number of para-hydroxylation sites is 1. The van der Waals surface area contributed by atoms with Gasteiger partial charge in [-0.25, -0.2) is 0 Å². The largest absolute Gasteiger partial charge is 0.393 e. The van der Waals surface area contributed by atoms with Gasteiger partial charge in [-0.3, -0.25) is 9.69 Å². The first-order valence-corrected chi connectivity index (χ1v) is 8.06. The molecule has 0 spiro atoms. The van der Waals surface area contributed by atoms with Gasteiger partial charge in [-0.1, -0.05) is 30.3 Å². The van der Waals surface area contributed by atoms with Crippen LogP contribution in [-0.2, 0) is 6.54 Å². The molecule has 1 aliphatic heterocycles. The van der Waals surface area contributed by atoms with Gasteiger partial charge in [0, 0.05) is 30.9 Å². The van der Waals surface area contributed by atoms with Gasteiger partial charge in [0.2, 0.25) is 0 Å². The van der Waals surface area contributed by atoms with Crippen molar-refractivity contribution in [3.8, 4) is 0 Å². The summed E-state index contributed by atoms with van der Waals surface area (Å²) < 4.78 is 0. The lowest BCUT2D eigenvalue weighted by atomic mass is 10.1. The number of aliphatic hydroxyl groups excluding tert-OH is 1. The normalized spacial score (nSPS) is 16.2. The summed E-state index contributed by atoms with van der Waals surface area (Å²) in [5, 5.41) is 12.5. The average Bonchev–Trinajstić information content (AvgIpc) is 2.58. The molecule has 23 heavy (non-hydrogen) atoms. The molecule has 0 atom stereocenters. The maximum Gasteiger partial charge on any atom is 0.255 e. The van der Waals surface area contributed by atoms with Crippen molar-refractivity contribution in [3.63, 3.8) is 0 Å². The van der Waals surface area contributed by atoms with E-state index >= 15 is 0 Å². The first kappa shape index (κ1) is 15.7. The first-order chi connectivity index (χ1) is 11.2. The van der Waals surface area contributed by atoms with Crippen molar-refractivity contribution in [2.24, 2.45) is 0 Å². The van der Waals surface area contributed by atoms with Gasteiger partial charge in [0.25, 0.3) is 5.91 Å². The summed E-state index contributed by atoms with van der Waals surface area (Å²) in [5.41, 5.74) is 2.60. The lowest BCUT2D eigenvalue weighted by molar-refractivity contribution is 0.0792. The van der Waals surface area contributed by atoms with Gasteiger partial charge in [0.15, 0.2) is 0 Å². The number of amides is 1. The molecule has 0 saturated carbocycles. The zero-order valence-electron chi connectivity index (χ0n) is 13.1. The summed E-state index contributed by atoms with van der Waals surface area (Å²) in [4.78, 5) is 14.7. The second-order valence-corrected chi connectivity index (χ2v) is 6.03. The molecule has 0 aliphatic carbocycles. The van der Waals surface area contributed by atoms with Crippen molar-refractivity contribution in [1.29, 1.82) is 0 Å². The van der Waals surface area contributed by atoms with Crippen LogP contribution in [0.25, 0.3) is 0 Å². The number of nitrogens with one attached hydrogen (secondary N) is 1. The number of piperidine rings is 1.